The van der Waals surface area contributed by atoms with E-state index in [-0.39, 0.29) is 22.2 Å². The molecule has 0 aliphatic heterocycles. The van der Waals surface area contributed by atoms with Gasteiger partial charge >= 0.3 is 0 Å². The molecule has 2 aromatic rings. The van der Waals surface area contributed by atoms with Crippen LogP contribution >= 0.6 is 34.5 Å². The van der Waals surface area contributed by atoms with Gasteiger partial charge in [-0.2, -0.15) is 11.3 Å². The summed E-state index contributed by atoms with van der Waals surface area (Å²) in [5.74, 6) is -0.398. The van der Waals surface area contributed by atoms with Crippen molar-refractivity contribution < 1.29 is 9.90 Å². The van der Waals surface area contributed by atoms with Crippen molar-refractivity contribution in [3.05, 3.63) is 56.2 Å². The van der Waals surface area contributed by atoms with Crippen molar-refractivity contribution in [3.63, 3.8) is 0 Å². The summed E-state index contributed by atoms with van der Waals surface area (Å²) in [6.45, 7) is 0.108. The molecule has 6 heteroatoms. The molecule has 1 heterocycles. The van der Waals surface area contributed by atoms with Crippen LogP contribution < -0.4 is 5.32 Å². The molecule has 0 spiro atoms. The molecule has 0 aliphatic rings. The number of benzene rings is 1. The van der Waals surface area contributed by atoms with Crippen LogP contribution in [-0.4, -0.2) is 17.6 Å². The zero-order valence-corrected chi connectivity index (χ0v) is 12.1. The quantitative estimate of drug-likeness (QED) is 0.907. The van der Waals surface area contributed by atoms with Gasteiger partial charge in [0.05, 0.1) is 21.7 Å². The summed E-state index contributed by atoms with van der Waals surface area (Å²) < 4.78 is 0. The van der Waals surface area contributed by atoms with Crippen LogP contribution in [0.1, 0.15) is 22.0 Å². The summed E-state index contributed by atoms with van der Waals surface area (Å²) in [5.41, 5.74) is 0.999. The number of carbonyl (C=O) groups excluding carboxylic acids is 1. The normalized spacial score (nSPS) is 12.2. The summed E-state index contributed by atoms with van der Waals surface area (Å²) >= 11 is 13.4. The first kappa shape index (κ1) is 14.3. The third-order valence-electron chi connectivity index (χ3n) is 2.57. The smallest absolute Gasteiger partial charge is 0.254 e. The van der Waals surface area contributed by atoms with Crippen LogP contribution in [0.15, 0.2) is 35.0 Å². The van der Waals surface area contributed by atoms with Crippen molar-refractivity contribution in [2.45, 2.75) is 6.10 Å². The number of amides is 1. The van der Waals surface area contributed by atoms with Gasteiger partial charge in [-0.25, -0.2) is 0 Å². The molecule has 1 aromatic heterocycles. The predicted octanol–water partition coefficient (Wildman–Crippen LogP) is 3.52. The molecule has 0 fully saturated rings. The highest BCUT2D eigenvalue weighted by atomic mass is 35.5. The van der Waals surface area contributed by atoms with Crippen LogP contribution in [0.3, 0.4) is 0 Å². The minimum Gasteiger partial charge on any atom is -0.387 e. The molecule has 3 nitrogen and oxygen atoms in total. The molecule has 0 radical (unpaired) electrons. The van der Waals surface area contributed by atoms with Crippen LogP contribution in [0, 0.1) is 0 Å². The van der Waals surface area contributed by atoms with Crippen molar-refractivity contribution in [2.24, 2.45) is 0 Å². The summed E-state index contributed by atoms with van der Waals surface area (Å²) in [4.78, 5) is 12.0. The summed E-state index contributed by atoms with van der Waals surface area (Å²) in [7, 11) is 0. The van der Waals surface area contributed by atoms with Gasteiger partial charge in [0, 0.05) is 6.54 Å². The number of aliphatic hydroxyl groups excluding tert-OH is 1. The molecule has 1 atom stereocenters. The minimum atomic E-state index is -0.739. The maximum atomic E-state index is 12.0. The number of thiophene rings is 1. The lowest BCUT2D eigenvalue weighted by Crippen LogP contribution is -2.28. The second kappa shape index (κ2) is 6.39. The second-order valence-corrected chi connectivity index (χ2v) is 5.47. The Labute approximate surface area is 124 Å². The second-order valence-electron chi connectivity index (χ2n) is 3.88. The number of hydrogen-bond acceptors (Lipinski definition) is 3. The van der Waals surface area contributed by atoms with E-state index in [4.69, 9.17) is 23.2 Å². The SMILES string of the molecule is O=C(NC[C@@H](O)c1ccsc1)c1c(Cl)cccc1Cl. The van der Waals surface area contributed by atoms with Crippen LogP contribution in [-0.2, 0) is 0 Å². The average molecular weight is 316 g/mol. The van der Waals surface area contributed by atoms with Crippen molar-refractivity contribution >= 4 is 40.4 Å². The van der Waals surface area contributed by atoms with Crippen LogP contribution in [0.4, 0.5) is 0 Å². The Morgan fingerprint density at radius 2 is 2.00 bits per heavy atom. The van der Waals surface area contributed by atoms with Crippen molar-refractivity contribution in [3.8, 4) is 0 Å². The highest BCUT2D eigenvalue weighted by Gasteiger charge is 2.16. The molecule has 100 valence electrons. The van der Waals surface area contributed by atoms with Gasteiger partial charge in [-0.05, 0) is 34.5 Å². The minimum absolute atomic E-state index is 0.108. The Hall–Kier alpha value is -1.07. The van der Waals surface area contributed by atoms with E-state index in [1.807, 2.05) is 16.8 Å². The Kier molecular flexibility index (Phi) is 4.82. The number of hydrogen-bond donors (Lipinski definition) is 2. The highest BCUT2D eigenvalue weighted by Crippen LogP contribution is 2.24. The Balaban J connectivity index is 2.02. The number of rotatable bonds is 4. The fourth-order valence-corrected chi connectivity index (χ4v) is 2.85. The van der Waals surface area contributed by atoms with E-state index in [1.165, 1.54) is 11.3 Å². The van der Waals surface area contributed by atoms with Gasteiger partial charge in [-0.1, -0.05) is 29.3 Å². The Bertz CT molecular complexity index is 552. The number of halogens is 2. The molecule has 2 N–H and O–H groups in total. The molecule has 0 bridgehead atoms. The zero-order valence-electron chi connectivity index (χ0n) is 9.77. The lowest BCUT2D eigenvalue weighted by atomic mass is 10.1. The van der Waals surface area contributed by atoms with Gasteiger partial charge in [-0.15, -0.1) is 0 Å². The molecule has 0 unspecified atom stereocenters. The van der Waals surface area contributed by atoms with Crippen molar-refractivity contribution in [1.29, 1.82) is 0 Å². The molecular weight excluding hydrogens is 305 g/mol. The molecule has 1 aromatic carbocycles. The largest absolute Gasteiger partial charge is 0.387 e. The van der Waals surface area contributed by atoms with E-state index >= 15 is 0 Å². The van der Waals surface area contributed by atoms with Gasteiger partial charge in [-0.3, -0.25) is 4.79 Å². The maximum absolute atomic E-state index is 12.0. The molecule has 0 aliphatic carbocycles. The van der Waals surface area contributed by atoms with E-state index in [0.29, 0.717) is 0 Å². The summed E-state index contributed by atoms with van der Waals surface area (Å²) in [6, 6.07) is 6.67. The number of nitrogens with one attached hydrogen (secondary N) is 1. The molecule has 0 saturated heterocycles. The first-order valence-electron chi connectivity index (χ1n) is 5.52. The summed E-state index contributed by atoms with van der Waals surface area (Å²) in [6.07, 6.45) is -0.739. The topological polar surface area (TPSA) is 49.3 Å². The summed E-state index contributed by atoms with van der Waals surface area (Å²) in [5, 5.41) is 16.8. The van der Waals surface area contributed by atoms with Gasteiger partial charge < -0.3 is 10.4 Å². The average Bonchev–Trinajstić information content (AvgIpc) is 2.89. The van der Waals surface area contributed by atoms with Crippen LogP contribution in [0.2, 0.25) is 10.0 Å². The molecule has 0 saturated carbocycles. The standard InChI is InChI=1S/C13H11Cl2NO2S/c14-9-2-1-3-10(15)12(9)13(18)16-6-11(17)8-4-5-19-7-8/h1-5,7,11,17H,6H2,(H,16,18)/t11-/m1/s1. The van der Waals surface area contributed by atoms with Crippen molar-refractivity contribution in [2.75, 3.05) is 6.54 Å². The molecular formula is C13H11Cl2NO2S. The van der Waals surface area contributed by atoms with Gasteiger partial charge in [0.2, 0.25) is 0 Å². The van der Waals surface area contributed by atoms with Gasteiger partial charge in [0.25, 0.3) is 5.91 Å². The van der Waals surface area contributed by atoms with E-state index in [0.717, 1.165) is 5.56 Å². The first-order valence-corrected chi connectivity index (χ1v) is 7.22. The Morgan fingerprint density at radius 3 is 2.58 bits per heavy atom. The molecule has 2 rings (SSSR count). The van der Waals surface area contributed by atoms with E-state index in [1.54, 1.807) is 18.2 Å². The van der Waals surface area contributed by atoms with E-state index in [9.17, 15) is 9.90 Å². The van der Waals surface area contributed by atoms with Crippen LogP contribution in [0.5, 0.6) is 0 Å². The van der Waals surface area contributed by atoms with Gasteiger partial charge in [0.1, 0.15) is 0 Å². The third kappa shape index (κ3) is 3.48. The Morgan fingerprint density at radius 1 is 1.32 bits per heavy atom. The van der Waals surface area contributed by atoms with E-state index < -0.39 is 12.0 Å². The zero-order chi connectivity index (χ0) is 13.8. The van der Waals surface area contributed by atoms with E-state index in [2.05, 4.69) is 5.32 Å². The lowest BCUT2D eigenvalue weighted by Gasteiger charge is -2.12. The fraction of sp³-hybridized carbons (Fsp3) is 0.154. The third-order valence-corrected chi connectivity index (χ3v) is 3.91. The fourth-order valence-electron chi connectivity index (χ4n) is 1.57. The van der Waals surface area contributed by atoms with Crippen molar-refractivity contribution in [1.82, 2.24) is 5.32 Å². The number of carbonyl (C=O) groups is 1. The van der Waals surface area contributed by atoms with Gasteiger partial charge in [0.15, 0.2) is 0 Å². The number of aliphatic hydroxyl groups is 1. The maximum Gasteiger partial charge on any atom is 0.254 e. The lowest BCUT2D eigenvalue weighted by molar-refractivity contribution is 0.0917. The monoisotopic (exact) mass is 315 g/mol. The molecule has 19 heavy (non-hydrogen) atoms. The predicted molar refractivity (Wildman–Crippen MR) is 78.1 cm³/mol. The first-order chi connectivity index (χ1) is 9.09. The molecule has 1 amide bonds. The van der Waals surface area contributed by atoms with Crippen LogP contribution in [0.25, 0.3) is 0 Å². The highest BCUT2D eigenvalue weighted by molar-refractivity contribution is 7.07.